The van der Waals surface area contributed by atoms with E-state index in [2.05, 4.69) is 19.9 Å². The first-order valence-electron chi connectivity index (χ1n) is 10.2. The van der Waals surface area contributed by atoms with E-state index in [4.69, 9.17) is 5.26 Å². The van der Waals surface area contributed by atoms with Crippen molar-refractivity contribution in [3.8, 4) is 28.7 Å². The zero-order valence-corrected chi connectivity index (χ0v) is 19.1. The summed E-state index contributed by atoms with van der Waals surface area (Å²) in [5, 5.41) is 8.97. The van der Waals surface area contributed by atoms with Gasteiger partial charge in [0.25, 0.3) is 10.0 Å². The standard InChI is InChI=1S/C23H14F3N7O2S/c1-12-19(6-14(24)8-28-12)36(34,35)32-17-4-3-16(25)20(21(17)26)13-2-5-18-22(30-11-33(18)10-13)23-29-9-15(7-27)31-23/h2-6,8-11,32H,1H3,(H,29,31). The van der Waals surface area contributed by atoms with Crippen LogP contribution in [0.25, 0.3) is 28.2 Å². The number of hydrogen-bond acceptors (Lipinski definition) is 6. The molecule has 36 heavy (non-hydrogen) atoms. The maximum Gasteiger partial charge on any atom is 0.263 e. The Bertz CT molecular complexity index is 1810. The van der Waals surface area contributed by atoms with E-state index in [1.54, 1.807) is 6.07 Å². The number of fused-ring (bicyclic) bond motifs is 1. The molecule has 180 valence electrons. The van der Waals surface area contributed by atoms with Crippen molar-refractivity contribution in [2.45, 2.75) is 11.8 Å². The molecule has 0 aliphatic rings. The number of hydrogen-bond donors (Lipinski definition) is 2. The quantitative estimate of drug-likeness (QED) is 0.366. The number of nitrogens with zero attached hydrogens (tertiary/aromatic N) is 5. The summed E-state index contributed by atoms with van der Waals surface area (Å²) >= 11 is 0. The first-order valence-corrected chi connectivity index (χ1v) is 11.7. The molecule has 0 bridgehead atoms. The van der Waals surface area contributed by atoms with Crippen LogP contribution in [0.2, 0.25) is 0 Å². The SMILES string of the molecule is Cc1ncc(F)cc1S(=O)(=O)Nc1ccc(F)c(-c2ccc3c(-c4nc(C#N)c[nH]4)ncn3c2)c1F. The molecule has 0 saturated carbocycles. The molecule has 0 spiro atoms. The molecule has 2 N–H and O–H groups in total. The van der Waals surface area contributed by atoms with Gasteiger partial charge in [0.05, 0.1) is 28.7 Å². The molecule has 0 saturated heterocycles. The second-order valence-corrected chi connectivity index (χ2v) is 9.33. The van der Waals surface area contributed by atoms with Gasteiger partial charge in [0.2, 0.25) is 0 Å². The molecule has 0 fully saturated rings. The minimum atomic E-state index is -4.43. The number of aromatic nitrogens is 5. The van der Waals surface area contributed by atoms with Crippen LogP contribution in [0.1, 0.15) is 11.4 Å². The van der Waals surface area contributed by atoms with Gasteiger partial charge in [-0.2, -0.15) is 5.26 Å². The molecule has 0 unspecified atom stereocenters. The molecule has 0 aliphatic carbocycles. The number of aryl methyl sites for hydroxylation is 1. The van der Waals surface area contributed by atoms with Crippen molar-refractivity contribution in [1.29, 1.82) is 5.26 Å². The van der Waals surface area contributed by atoms with Gasteiger partial charge in [0, 0.05) is 18.0 Å². The van der Waals surface area contributed by atoms with E-state index in [-0.39, 0.29) is 17.0 Å². The fourth-order valence-electron chi connectivity index (χ4n) is 3.69. The Morgan fingerprint density at radius 3 is 2.69 bits per heavy atom. The third-order valence-electron chi connectivity index (χ3n) is 5.37. The van der Waals surface area contributed by atoms with Crippen LogP contribution in [0.5, 0.6) is 0 Å². The van der Waals surface area contributed by atoms with Crippen molar-refractivity contribution < 1.29 is 21.6 Å². The Morgan fingerprint density at radius 1 is 1.14 bits per heavy atom. The number of aromatic amines is 1. The van der Waals surface area contributed by atoms with Crippen molar-refractivity contribution in [2.75, 3.05) is 4.72 Å². The zero-order valence-electron chi connectivity index (χ0n) is 18.3. The molecule has 5 aromatic rings. The molecule has 1 aromatic carbocycles. The Kier molecular flexibility index (Phi) is 5.45. The van der Waals surface area contributed by atoms with Crippen LogP contribution in [0, 0.1) is 35.7 Å². The van der Waals surface area contributed by atoms with E-state index in [0.717, 1.165) is 24.4 Å². The second-order valence-electron chi connectivity index (χ2n) is 7.68. The van der Waals surface area contributed by atoms with Crippen LogP contribution in [-0.2, 0) is 10.0 Å². The smallest absolute Gasteiger partial charge is 0.263 e. The summed E-state index contributed by atoms with van der Waals surface area (Å²) in [6, 6.07) is 7.52. The van der Waals surface area contributed by atoms with Gasteiger partial charge in [-0.1, -0.05) is 6.07 Å². The van der Waals surface area contributed by atoms with Gasteiger partial charge in [0.1, 0.15) is 34.6 Å². The number of benzene rings is 1. The molecule has 0 aliphatic heterocycles. The van der Waals surface area contributed by atoms with Crippen molar-refractivity contribution >= 4 is 21.2 Å². The molecule has 0 amide bonds. The summed E-state index contributed by atoms with van der Waals surface area (Å²) < 4.78 is 72.9. The van der Waals surface area contributed by atoms with Crippen molar-refractivity contribution in [3.05, 3.63) is 84.1 Å². The minimum Gasteiger partial charge on any atom is -0.342 e. The summed E-state index contributed by atoms with van der Waals surface area (Å²) in [5.74, 6) is -2.63. The van der Waals surface area contributed by atoms with Crippen LogP contribution >= 0.6 is 0 Å². The lowest BCUT2D eigenvalue weighted by molar-refractivity contribution is 0.584. The van der Waals surface area contributed by atoms with Gasteiger partial charge in [-0.3, -0.25) is 9.71 Å². The van der Waals surface area contributed by atoms with Crippen LogP contribution in [0.15, 0.2) is 60.1 Å². The lowest BCUT2D eigenvalue weighted by Crippen LogP contribution is -2.16. The molecule has 13 heteroatoms. The fourth-order valence-corrected chi connectivity index (χ4v) is 4.95. The molecule has 5 rings (SSSR count). The number of anilines is 1. The number of H-pyrrole nitrogens is 1. The van der Waals surface area contributed by atoms with E-state index >= 15 is 4.39 Å². The van der Waals surface area contributed by atoms with Crippen LogP contribution in [0.4, 0.5) is 18.9 Å². The molecule has 9 nitrogen and oxygen atoms in total. The molecular formula is C23H14F3N7O2S. The average molecular weight is 509 g/mol. The highest BCUT2D eigenvalue weighted by Crippen LogP contribution is 2.33. The van der Waals surface area contributed by atoms with Crippen molar-refractivity contribution in [2.24, 2.45) is 0 Å². The Labute approximate surface area is 202 Å². The third kappa shape index (κ3) is 3.93. The topological polar surface area (TPSA) is 129 Å². The lowest BCUT2D eigenvalue weighted by atomic mass is 10.0. The lowest BCUT2D eigenvalue weighted by Gasteiger charge is -2.14. The molecule has 4 aromatic heterocycles. The van der Waals surface area contributed by atoms with E-state index in [1.807, 2.05) is 10.8 Å². The Hall–Kier alpha value is -4.70. The number of rotatable bonds is 5. The fraction of sp³-hybridized carbons (Fsp3) is 0.0435. The Balaban J connectivity index is 1.55. The minimum absolute atomic E-state index is 0.00598. The third-order valence-corrected chi connectivity index (χ3v) is 6.85. The van der Waals surface area contributed by atoms with E-state index in [9.17, 15) is 17.2 Å². The van der Waals surface area contributed by atoms with Gasteiger partial charge in [-0.05, 0) is 31.2 Å². The highest BCUT2D eigenvalue weighted by molar-refractivity contribution is 7.92. The number of nitriles is 1. The molecular weight excluding hydrogens is 495 g/mol. The summed E-state index contributed by atoms with van der Waals surface area (Å²) in [7, 11) is -4.43. The zero-order chi connectivity index (χ0) is 25.6. The summed E-state index contributed by atoms with van der Waals surface area (Å²) in [4.78, 5) is 14.4. The Morgan fingerprint density at radius 2 is 1.94 bits per heavy atom. The average Bonchev–Trinajstić information content (AvgIpc) is 3.49. The highest BCUT2D eigenvalue weighted by atomic mass is 32.2. The van der Waals surface area contributed by atoms with Crippen LogP contribution in [0.3, 0.4) is 0 Å². The van der Waals surface area contributed by atoms with E-state index in [1.165, 1.54) is 36.1 Å². The first kappa shape index (κ1) is 23.1. The van der Waals surface area contributed by atoms with Gasteiger partial charge in [-0.25, -0.2) is 31.6 Å². The summed E-state index contributed by atoms with van der Waals surface area (Å²) in [6.45, 7) is 1.36. The predicted molar refractivity (Wildman–Crippen MR) is 123 cm³/mol. The van der Waals surface area contributed by atoms with E-state index in [0.29, 0.717) is 17.0 Å². The molecule has 0 atom stereocenters. The maximum atomic E-state index is 15.4. The van der Waals surface area contributed by atoms with Gasteiger partial charge >= 0.3 is 0 Å². The molecule has 0 radical (unpaired) electrons. The van der Waals surface area contributed by atoms with Gasteiger partial charge in [-0.15, -0.1) is 0 Å². The maximum absolute atomic E-state index is 15.4. The van der Waals surface area contributed by atoms with Gasteiger partial charge in [0.15, 0.2) is 17.3 Å². The van der Waals surface area contributed by atoms with Gasteiger partial charge < -0.3 is 9.38 Å². The summed E-state index contributed by atoms with van der Waals surface area (Å²) in [6.07, 6.45) is 5.11. The van der Waals surface area contributed by atoms with Crippen LogP contribution < -0.4 is 4.72 Å². The van der Waals surface area contributed by atoms with Crippen molar-refractivity contribution in [3.63, 3.8) is 0 Å². The number of nitrogens with one attached hydrogen (secondary N) is 2. The number of sulfonamides is 1. The van der Waals surface area contributed by atoms with E-state index < -0.39 is 43.6 Å². The normalized spacial score (nSPS) is 11.5. The molecule has 4 heterocycles. The number of pyridine rings is 2. The van der Waals surface area contributed by atoms with Crippen LogP contribution in [-0.4, -0.2) is 32.8 Å². The second kappa shape index (κ2) is 8.51. The summed E-state index contributed by atoms with van der Waals surface area (Å²) in [5.41, 5.74) is 0.242. The largest absolute Gasteiger partial charge is 0.342 e. The monoisotopic (exact) mass is 509 g/mol. The first-order chi connectivity index (χ1) is 17.2. The predicted octanol–water partition coefficient (Wildman–Crippen LogP) is 4.18. The van der Waals surface area contributed by atoms with Crippen molar-refractivity contribution in [1.82, 2.24) is 24.3 Å². The number of halogens is 3. The number of imidazole rings is 2. The highest BCUT2D eigenvalue weighted by Gasteiger charge is 2.24.